The summed E-state index contributed by atoms with van der Waals surface area (Å²) < 4.78 is 23.2. The van der Waals surface area contributed by atoms with E-state index in [-0.39, 0.29) is 10.8 Å². The van der Waals surface area contributed by atoms with Crippen molar-refractivity contribution < 1.29 is 13.2 Å². The lowest BCUT2D eigenvalue weighted by Crippen LogP contribution is -2.26. The van der Waals surface area contributed by atoms with E-state index in [9.17, 15) is 13.2 Å². The summed E-state index contributed by atoms with van der Waals surface area (Å²) in [6.45, 7) is 1.40. The summed E-state index contributed by atoms with van der Waals surface area (Å²) in [5, 5.41) is 0. The van der Waals surface area contributed by atoms with Crippen LogP contribution in [0.25, 0.3) is 0 Å². The van der Waals surface area contributed by atoms with Crippen molar-refractivity contribution in [3.05, 3.63) is 54.1 Å². The van der Waals surface area contributed by atoms with Gasteiger partial charge in [-0.2, -0.15) is 0 Å². The Morgan fingerprint density at radius 1 is 1.17 bits per heavy atom. The molecule has 0 aliphatic rings. The summed E-state index contributed by atoms with van der Waals surface area (Å²) in [5.41, 5.74) is 7.09. The lowest BCUT2D eigenvalue weighted by Gasteiger charge is -2.18. The Morgan fingerprint density at radius 3 is 2.35 bits per heavy atom. The third-order valence-corrected chi connectivity index (χ3v) is 5.89. The van der Waals surface area contributed by atoms with E-state index in [1.165, 1.54) is 24.0 Å². The second kappa shape index (κ2) is 6.60. The molecule has 2 N–H and O–H groups in total. The van der Waals surface area contributed by atoms with Crippen LogP contribution in [-0.2, 0) is 9.84 Å². The number of alkyl halides is 1. The summed E-state index contributed by atoms with van der Waals surface area (Å²) in [5.74, 6) is -0.265. The molecule has 2 rings (SSSR count). The van der Waals surface area contributed by atoms with Crippen molar-refractivity contribution in [2.24, 2.45) is 0 Å². The maximum Gasteiger partial charge on any atom is 0.258 e. The molecule has 0 fully saturated rings. The molecule has 0 heterocycles. The SMILES string of the molecule is CC(Cl)S(=O)(=O)c1cccc(N(C)C(=O)c2ccc(N)cc2)c1. The fourth-order valence-corrected chi connectivity index (χ4v) is 3.23. The van der Waals surface area contributed by atoms with Crippen LogP contribution in [0.5, 0.6) is 0 Å². The van der Waals surface area contributed by atoms with Crippen LogP contribution < -0.4 is 10.6 Å². The number of halogens is 1. The van der Waals surface area contributed by atoms with E-state index in [1.54, 1.807) is 43.4 Å². The molecule has 122 valence electrons. The van der Waals surface area contributed by atoms with Crippen molar-refractivity contribution in [2.45, 2.75) is 16.5 Å². The van der Waals surface area contributed by atoms with Crippen LogP contribution in [0.3, 0.4) is 0 Å². The summed E-state index contributed by atoms with van der Waals surface area (Å²) >= 11 is 5.73. The zero-order valence-corrected chi connectivity index (χ0v) is 14.3. The van der Waals surface area contributed by atoms with Crippen molar-refractivity contribution in [3.8, 4) is 0 Å². The first-order chi connectivity index (χ1) is 10.7. The highest BCUT2D eigenvalue weighted by atomic mass is 35.5. The average Bonchev–Trinajstić information content (AvgIpc) is 2.54. The number of carbonyl (C=O) groups is 1. The van der Waals surface area contributed by atoms with Gasteiger partial charge in [0.05, 0.1) is 4.90 Å². The molecule has 5 nitrogen and oxygen atoms in total. The third-order valence-electron chi connectivity index (χ3n) is 3.42. The van der Waals surface area contributed by atoms with Crippen molar-refractivity contribution in [1.82, 2.24) is 0 Å². The van der Waals surface area contributed by atoms with Gasteiger partial charge in [0.15, 0.2) is 9.84 Å². The largest absolute Gasteiger partial charge is 0.399 e. The van der Waals surface area contributed by atoms with Crippen LogP contribution in [0.2, 0.25) is 0 Å². The summed E-state index contributed by atoms with van der Waals surface area (Å²) in [6.07, 6.45) is 0. The maximum absolute atomic E-state index is 12.5. The molecule has 0 radical (unpaired) electrons. The lowest BCUT2D eigenvalue weighted by atomic mass is 10.1. The van der Waals surface area contributed by atoms with E-state index < -0.39 is 14.5 Å². The van der Waals surface area contributed by atoms with E-state index in [2.05, 4.69) is 0 Å². The Bertz CT molecular complexity index is 817. The normalized spacial score (nSPS) is 12.7. The minimum Gasteiger partial charge on any atom is -0.399 e. The average molecular weight is 353 g/mol. The Kier molecular flexibility index (Phi) is 4.97. The third kappa shape index (κ3) is 3.65. The molecule has 2 aromatic carbocycles. The highest BCUT2D eigenvalue weighted by Crippen LogP contribution is 2.24. The first-order valence-electron chi connectivity index (χ1n) is 6.85. The molecule has 1 amide bonds. The second-order valence-corrected chi connectivity index (χ2v) is 8.25. The van der Waals surface area contributed by atoms with E-state index >= 15 is 0 Å². The molecule has 1 atom stereocenters. The van der Waals surface area contributed by atoms with Crippen molar-refractivity contribution in [1.29, 1.82) is 0 Å². The predicted molar refractivity (Wildman–Crippen MR) is 92.5 cm³/mol. The fraction of sp³-hybridized carbons (Fsp3) is 0.188. The van der Waals surface area contributed by atoms with Crippen LogP contribution in [-0.4, -0.2) is 26.1 Å². The molecule has 0 saturated carbocycles. The number of nitrogen functional groups attached to an aromatic ring is 1. The van der Waals surface area contributed by atoms with Gasteiger partial charge in [0.25, 0.3) is 5.91 Å². The second-order valence-electron chi connectivity index (χ2n) is 5.07. The molecular formula is C16H17ClN2O3S. The predicted octanol–water partition coefficient (Wildman–Crippen LogP) is 2.90. The molecule has 0 saturated heterocycles. The van der Waals surface area contributed by atoms with E-state index in [0.717, 1.165) is 0 Å². The number of hydrogen-bond donors (Lipinski definition) is 1. The van der Waals surface area contributed by atoms with Gasteiger partial charge in [-0.05, 0) is 49.4 Å². The molecule has 1 unspecified atom stereocenters. The fourth-order valence-electron chi connectivity index (χ4n) is 1.99. The smallest absolute Gasteiger partial charge is 0.258 e. The molecule has 0 aliphatic heterocycles. The molecular weight excluding hydrogens is 336 g/mol. The highest BCUT2D eigenvalue weighted by molar-refractivity contribution is 7.93. The van der Waals surface area contributed by atoms with Gasteiger partial charge in [0.1, 0.15) is 4.71 Å². The number of carbonyl (C=O) groups excluding carboxylic acids is 1. The van der Waals surface area contributed by atoms with Crippen molar-refractivity contribution in [3.63, 3.8) is 0 Å². The first-order valence-corrected chi connectivity index (χ1v) is 8.83. The maximum atomic E-state index is 12.5. The summed E-state index contributed by atoms with van der Waals surface area (Å²) in [6, 6.07) is 12.6. The van der Waals surface area contributed by atoms with Gasteiger partial charge in [0.2, 0.25) is 0 Å². The van der Waals surface area contributed by atoms with Crippen molar-refractivity contribution in [2.75, 3.05) is 17.7 Å². The van der Waals surface area contributed by atoms with Gasteiger partial charge in [-0.15, -0.1) is 11.6 Å². The van der Waals surface area contributed by atoms with Gasteiger partial charge >= 0.3 is 0 Å². The van der Waals surface area contributed by atoms with Crippen LogP contribution >= 0.6 is 11.6 Å². The Morgan fingerprint density at radius 2 is 1.78 bits per heavy atom. The number of benzene rings is 2. The zero-order chi connectivity index (χ0) is 17.2. The van der Waals surface area contributed by atoms with E-state index in [1.807, 2.05) is 0 Å². The molecule has 2 aromatic rings. The Labute approximate surface area is 140 Å². The van der Waals surface area contributed by atoms with Gasteiger partial charge in [-0.25, -0.2) is 8.42 Å². The molecule has 7 heteroatoms. The van der Waals surface area contributed by atoms with Crippen molar-refractivity contribution >= 4 is 38.7 Å². The minimum atomic E-state index is -3.62. The molecule has 0 aliphatic carbocycles. The van der Waals surface area contributed by atoms with E-state index in [4.69, 9.17) is 17.3 Å². The summed E-state index contributed by atoms with van der Waals surface area (Å²) in [7, 11) is -2.04. The Hall–Kier alpha value is -2.05. The number of nitrogens with two attached hydrogens (primary N) is 1. The highest BCUT2D eigenvalue weighted by Gasteiger charge is 2.22. The number of nitrogens with zero attached hydrogens (tertiary/aromatic N) is 1. The topological polar surface area (TPSA) is 80.5 Å². The number of hydrogen-bond acceptors (Lipinski definition) is 4. The van der Waals surface area contributed by atoms with Gasteiger partial charge in [-0.3, -0.25) is 4.79 Å². The monoisotopic (exact) mass is 352 g/mol. The lowest BCUT2D eigenvalue weighted by molar-refractivity contribution is 0.0993. The summed E-state index contributed by atoms with van der Waals surface area (Å²) in [4.78, 5) is 13.9. The van der Waals surface area contributed by atoms with Gasteiger partial charge in [-0.1, -0.05) is 6.07 Å². The number of anilines is 2. The van der Waals surface area contributed by atoms with Crippen LogP contribution in [0, 0.1) is 0 Å². The van der Waals surface area contributed by atoms with Crippen LogP contribution in [0.15, 0.2) is 53.4 Å². The van der Waals surface area contributed by atoms with Gasteiger partial charge in [0, 0.05) is 24.0 Å². The van der Waals surface area contributed by atoms with Crippen LogP contribution in [0.1, 0.15) is 17.3 Å². The molecule has 0 bridgehead atoms. The first kappa shape index (κ1) is 17.3. The number of sulfone groups is 1. The molecule has 0 spiro atoms. The molecule has 0 aromatic heterocycles. The quantitative estimate of drug-likeness (QED) is 0.677. The molecule has 23 heavy (non-hydrogen) atoms. The van der Waals surface area contributed by atoms with Crippen LogP contribution in [0.4, 0.5) is 11.4 Å². The van der Waals surface area contributed by atoms with Gasteiger partial charge < -0.3 is 10.6 Å². The zero-order valence-electron chi connectivity index (χ0n) is 12.7. The van der Waals surface area contributed by atoms with E-state index in [0.29, 0.717) is 16.9 Å². The standard InChI is InChI=1S/C16H17ClN2O3S/c1-11(17)23(21,22)15-5-3-4-14(10-15)19(2)16(20)12-6-8-13(18)9-7-12/h3-11H,18H2,1-2H3. The minimum absolute atomic E-state index is 0.0782. The number of rotatable bonds is 4. The number of amides is 1. The Balaban J connectivity index is 2.35.